The molecule has 2 N–H and O–H groups in total. The molecule has 1 amide bonds. The Morgan fingerprint density at radius 1 is 1.44 bits per heavy atom. The molecule has 0 aromatic carbocycles. The maximum Gasteiger partial charge on any atom is 0.242 e. The summed E-state index contributed by atoms with van der Waals surface area (Å²) in [5.74, 6) is 0.999. The molecule has 0 aliphatic carbocycles. The van der Waals surface area contributed by atoms with E-state index in [1.807, 2.05) is 11.9 Å². The van der Waals surface area contributed by atoms with E-state index >= 15 is 0 Å². The summed E-state index contributed by atoms with van der Waals surface area (Å²) < 4.78 is 5.35. The number of ether oxygens (including phenoxy) is 1. The van der Waals surface area contributed by atoms with E-state index in [0.29, 0.717) is 6.61 Å². The van der Waals surface area contributed by atoms with Crippen molar-refractivity contribution in [2.45, 2.75) is 25.3 Å². The van der Waals surface area contributed by atoms with Crippen LogP contribution in [0.2, 0.25) is 0 Å². The molecule has 5 heteroatoms. The van der Waals surface area contributed by atoms with Gasteiger partial charge in [0.15, 0.2) is 0 Å². The van der Waals surface area contributed by atoms with E-state index < -0.39 is 0 Å². The number of hydrogen-bond donors (Lipinski definition) is 2. The van der Waals surface area contributed by atoms with Gasteiger partial charge in [-0.3, -0.25) is 4.79 Å². The van der Waals surface area contributed by atoms with Gasteiger partial charge in [0, 0.05) is 19.6 Å². The zero-order valence-corrected chi connectivity index (χ0v) is 11.3. The first-order valence-electron chi connectivity index (χ1n) is 7.05. The topological polar surface area (TPSA) is 53.6 Å². The Labute approximate surface area is 109 Å². The van der Waals surface area contributed by atoms with Crippen LogP contribution < -0.4 is 10.6 Å². The molecule has 2 fully saturated rings. The Balaban J connectivity index is 1.73. The van der Waals surface area contributed by atoms with Crippen LogP contribution >= 0.6 is 0 Å². The highest BCUT2D eigenvalue weighted by atomic mass is 16.5. The number of amides is 1. The molecule has 0 radical (unpaired) electrons. The molecule has 104 valence electrons. The minimum absolute atomic E-state index is 0.118. The first-order chi connectivity index (χ1) is 8.81. The predicted molar refractivity (Wildman–Crippen MR) is 70.5 cm³/mol. The lowest BCUT2D eigenvalue weighted by Crippen LogP contribution is -2.54. The van der Waals surface area contributed by atoms with E-state index in [0.717, 1.165) is 51.5 Å². The van der Waals surface area contributed by atoms with Crippen LogP contribution in [0.1, 0.15) is 19.3 Å². The largest absolute Gasteiger partial charge is 0.378 e. The minimum atomic E-state index is -0.118. The van der Waals surface area contributed by atoms with E-state index in [9.17, 15) is 4.79 Å². The zero-order valence-electron chi connectivity index (χ0n) is 11.3. The van der Waals surface area contributed by atoms with E-state index in [2.05, 4.69) is 10.6 Å². The molecule has 0 aromatic heterocycles. The van der Waals surface area contributed by atoms with Crippen molar-refractivity contribution in [3.63, 3.8) is 0 Å². The van der Waals surface area contributed by atoms with Crippen LogP contribution in [0, 0.1) is 5.92 Å². The first-order valence-corrected chi connectivity index (χ1v) is 7.05. The van der Waals surface area contributed by atoms with Gasteiger partial charge in [-0.25, -0.2) is 0 Å². The third-order valence-electron chi connectivity index (χ3n) is 3.95. The van der Waals surface area contributed by atoms with Crippen molar-refractivity contribution in [3.05, 3.63) is 0 Å². The number of nitrogens with one attached hydrogen (secondary N) is 2. The highest BCUT2D eigenvalue weighted by molar-refractivity contribution is 5.82. The second-order valence-corrected chi connectivity index (χ2v) is 5.24. The van der Waals surface area contributed by atoms with E-state index in [4.69, 9.17) is 4.74 Å². The van der Waals surface area contributed by atoms with Crippen molar-refractivity contribution in [1.29, 1.82) is 0 Å². The molecular formula is C13H25N3O2. The average Bonchev–Trinajstić information content (AvgIpc) is 2.46. The van der Waals surface area contributed by atoms with Gasteiger partial charge in [-0.15, -0.1) is 0 Å². The standard InChI is InChI=1S/C13H25N3O2/c1-14-5-2-11-3-7-16(8-4-11)13(17)12-10-18-9-6-15-12/h11-12,14-15H,2-10H2,1H3. The molecule has 18 heavy (non-hydrogen) atoms. The number of piperidine rings is 1. The van der Waals surface area contributed by atoms with Gasteiger partial charge in [0.2, 0.25) is 5.91 Å². The molecular weight excluding hydrogens is 230 g/mol. The third kappa shape index (κ3) is 3.67. The Morgan fingerprint density at radius 2 is 2.22 bits per heavy atom. The fourth-order valence-corrected chi connectivity index (χ4v) is 2.73. The van der Waals surface area contributed by atoms with Gasteiger partial charge < -0.3 is 20.3 Å². The number of carbonyl (C=O) groups is 1. The predicted octanol–water partition coefficient (Wildman–Crippen LogP) is -0.177. The van der Waals surface area contributed by atoms with Crippen LogP contribution in [0.3, 0.4) is 0 Å². The van der Waals surface area contributed by atoms with Crippen molar-refractivity contribution in [2.75, 3.05) is 46.4 Å². The molecule has 1 atom stereocenters. The number of morpholine rings is 1. The second kappa shape index (κ2) is 7.07. The number of nitrogens with zero attached hydrogens (tertiary/aromatic N) is 1. The SMILES string of the molecule is CNCCC1CCN(C(=O)C2COCCN2)CC1. The lowest BCUT2D eigenvalue weighted by atomic mass is 9.93. The first kappa shape index (κ1) is 13.8. The van der Waals surface area contributed by atoms with Crippen LogP contribution in [0.5, 0.6) is 0 Å². The summed E-state index contributed by atoms with van der Waals surface area (Å²) in [4.78, 5) is 14.2. The quantitative estimate of drug-likeness (QED) is 0.732. The number of likely N-dealkylation sites (tertiary alicyclic amines) is 1. The summed E-state index contributed by atoms with van der Waals surface area (Å²) in [7, 11) is 1.99. The fourth-order valence-electron chi connectivity index (χ4n) is 2.73. The summed E-state index contributed by atoms with van der Waals surface area (Å²) in [6, 6.07) is -0.118. The fraction of sp³-hybridized carbons (Fsp3) is 0.923. The Hall–Kier alpha value is -0.650. The maximum atomic E-state index is 12.2. The third-order valence-corrected chi connectivity index (χ3v) is 3.95. The number of carbonyl (C=O) groups excluding carboxylic acids is 1. The molecule has 2 heterocycles. The van der Waals surface area contributed by atoms with Crippen LogP contribution in [0.4, 0.5) is 0 Å². The van der Waals surface area contributed by atoms with Gasteiger partial charge >= 0.3 is 0 Å². The molecule has 0 saturated carbocycles. The van der Waals surface area contributed by atoms with Crippen LogP contribution in [-0.4, -0.2) is 63.3 Å². The van der Waals surface area contributed by atoms with Crippen molar-refractivity contribution in [3.8, 4) is 0 Å². The van der Waals surface area contributed by atoms with Crippen LogP contribution in [0.15, 0.2) is 0 Å². The molecule has 2 rings (SSSR count). The van der Waals surface area contributed by atoms with Crippen LogP contribution in [-0.2, 0) is 9.53 Å². The summed E-state index contributed by atoms with van der Waals surface area (Å²) in [6.45, 7) is 4.93. The molecule has 0 aromatic rings. The second-order valence-electron chi connectivity index (χ2n) is 5.24. The maximum absolute atomic E-state index is 12.2. The Bertz CT molecular complexity index is 259. The van der Waals surface area contributed by atoms with E-state index in [1.165, 1.54) is 6.42 Å². The minimum Gasteiger partial charge on any atom is -0.378 e. The molecule has 2 saturated heterocycles. The van der Waals surface area contributed by atoms with E-state index in [1.54, 1.807) is 0 Å². The van der Waals surface area contributed by atoms with Crippen LogP contribution in [0.25, 0.3) is 0 Å². The van der Waals surface area contributed by atoms with Gasteiger partial charge in [-0.2, -0.15) is 0 Å². The Morgan fingerprint density at radius 3 is 2.83 bits per heavy atom. The number of rotatable bonds is 4. The zero-order chi connectivity index (χ0) is 12.8. The molecule has 2 aliphatic rings. The molecule has 0 bridgehead atoms. The summed E-state index contributed by atoms with van der Waals surface area (Å²) in [6.07, 6.45) is 3.51. The summed E-state index contributed by atoms with van der Waals surface area (Å²) >= 11 is 0. The van der Waals surface area contributed by atoms with Gasteiger partial charge in [0.25, 0.3) is 0 Å². The van der Waals surface area contributed by atoms with E-state index in [-0.39, 0.29) is 11.9 Å². The lowest BCUT2D eigenvalue weighted by Gasteiger charge is -2.35. The normalized spacial score (nSPS) is 26.3. The summed E-state index contributed by atoms with van der Waals surface area (Å²) in [5.41, 5.74) is 0. The van der Waals surface area contributed by atoms with Gasteiger partial charge in [-0.05, 0) is 38.8 Å². The monoisotopic (exact) mass is 255 g/mol. The number of hydrogen-bond acceptors (Lipinski definition) is 4. The highest BCUT2D eigenvalue weighted by Gasteiger charge is 2.29. The molecule has 2 aliphatic heterocycles. The van der Waals surface area contributed by atoms with Crippen molar-refractivity contribution >= 4 is 5.91 Å². The van der Waals surface area contributed by atoms with Gasteiger partial charge in [0.05, 0.1) is 13.2 Å². The highest BCUT2D eigenvalue weighted by Crippen LogP contribution is 2.20. The molecule has 1 unspecified atom stereocenters. The van der Waals surface area contributed by atoms with Crippen molar-refractivity contribution < 1.29 is 9.53 Å². The van der Waals surface area contributed by atoms with Crippen molar-refractivity contribution in [1.82, 2.24) is 15.5 Å². The van der Waals surface area contributed by atoms with Crippen molar-refractivity contribution in [2.24, 2.45) is 5.92 Å². The average molecular weight is 255 g/mol. The van der Waals surface area contributed by atoms with Gasteiger partial charge in [0.1, 0.15) is 6.04 Å². The van der Waals surface area contributed by atoms with Gasteiger partial charge in [-0.1, -0.05) is 0 Å². The molecule has 5 nitrogen and oxygen atoms in total. The lowest BCUT2D eigenvalue weighted by molar-refractivity contribution is -0.137. The summed E-state index contributed by atoms with van der Waals surface area (Å²) in [5, 5.41) is 6.43. The molecule has 0 spiro atoms. The Kier molecular flexibility index (Phi) is 5.41. The smallest absolute Gasteiger partial charge is 0.242 e.